The van der Waals surface area contributed by atoms with Crippen LogP contribution < -0.4 is 5.32 Å². The van der Waals surface area contributed by atoms with Crippen LogP contribution in [0.15, 0.2) is 12.8 Å². The van der Waals surface area contributed by atoms with E-state index >= 15 is 0 Å². The second-order valence-electron chi connectivity index (χ2n) is 2.47. The minimum absolute atomic E-state index is 0.622. The predicted molar refractivity (Wildman–Crippen MR) is 39.2 cm³/mol. The van der Waals surface area contributed by atoms with Crippen molar-refractivity contribution in [2.45, 2.75) is 13.0 Å². The zero-order valence-corrected chi connectivity index (χ0v) is 5.93. The van der Waals surface area contributed by atoms with Gasteiger partial charge >= 0.3 is 0 Å². The summed E-state index contributed by atoms with van der Waals surface area (Å²) in [6.45, 7) is 9.22. The first kappa shape index (κ1) is 6.62. The Morgan fingerprint density at radius 1 is 1.78 bits per heavy atom. The summed E-state index contributed by atoms with van der Waals surface area (Å²) in [4.78, 5) is 2.26. The Morgan fingerprint density at radius 3 is 3.00 bits per heavy atom. The average Bonchev–Trinajstić information content (AvgIpc) is 1.89. The fourth-order valence-electron chi connectivity index (χ4n) is 1.13. The lowest BCUT2D eigenvalue weighted by atomic mass is 10.2. The second-order valence-corrected chi connectivity index (χ2v) is 2.47. The molecule has 2 heteroatoms. The van der Waals surface area contributed by atoms with Crippen molar-refractivity contribution in [1.82, 2.24) is 10.2 Å². The van der Waals surface area contributed by atoms with Crippen molar-refractivity contribution < 1.29 is 0 Å². The van der Waals surface area contributed by atoms with Gasteiger partial charge in [-0.25, -0.2) is 0 Å². The smallest absolute Gasteiger partial charge is 0.0381 e. The van der Waals surface area contributed by atoms with Gasteiger partial charge in [-0.2, -0.15) is 0 Å². The lowest BCUT2D eigenvalue weighted by Gasteiger charge is -2.32. The molecule has 0 unspecified atom stereocenters. The van der Waals surface area contributed by atoms with Crippen LogP contribution in [0.3, 0.4) is 0 Å². The van der Waals surface area contributed by atoms with Gasteiger partial charge in [-0.3, -0.25) is 0 Å². The van der Waals surface area contributed by atoms with Gasteiger partial charge in [-0.1, -0.05) is 6.58 Å². The van der Waals surface area contributed by atoms with E-state index in [1.54, 1.807) is 0 Å². The molecule has 0 amide bonds. The largest absolute Gasteiger partial charge is 0.373 e. The molecule has 0 aromatic heterocycles. The van der Waals surface area contributed by atoms with Gasteiger partial charge in [0.25, 0.3) is 0 Å². The summed E-state index contributed by atoms with van der Waals surface area (Å²) in [6, 6.07) is 0.622. The number of rotatable bonds is 1. The molecule has 0 aromatic rings. The van der Waals surface area contributed by atoms with E-state index in [-0.39, 0.29) is 0 Å². The molecule has 1 aliphatic rings. The quantitative estimate of drug-likeness (QED) is 0.548. The third-order valence-electron chi connectivity index (χ3n) is 1.79. The second kappa shape index (κ2) is 2.87. The van der Waals surface area contributed by atoms with E-state index in [0.29, 0.717) is 6.04 Å². The van der Waals surface area contributed by atoms with E-state index in [2.05, 4.69) is 23.7 Å². The maximum Gasteiger partial charge on any atom is 0.0381 e. The van der Waals surface area contributed by atoms with Crippen LogP contribution in [0.4, 0.5) is 0 Å². The van der Waals surface area contributed by atoms with Crippen LogP contribution in [0, 0.1) is 0 Å². The number of nitrogens with one attached hydrogen (secondary N) is 1. The molecule has 2 nitrogen and oxygen atoms in total. The van der Waals surface area contributed by atoms with E-state index < -0.39 is 0 Å². The zero-order chi connectivity index (χ0) is 6.69. The molecule has 1 rings (SSSR count). The van der Waals surface area contributed by atoms with E-state index in [9.17, 15) is 0 Å². The molecule has 1 heterocycles. The van der Waals surface area contributed by atoms with Gasteiger partial charge in [0.05, 0.1) is 0 Å². The summed E-state index contributed by atoms with van der Waals surface area (Å²) >= 11 is 0. The molecule has 9 heavy (non-hydrogen) atoms. The normalized spacial score (nSPS) is 28.1. The topological polar surface area (TPSA) is 15.3 Å². The van der Waals surface area contributed by atoms with Crippen LogP contribution in [0.25, 0.3) is 0 Å². The van der Waals surface area contributed by atoms with Crippen LogP contribution in [-0.4, -0.2) is 30.6 Å². The van der Waals surface area contributed by atoms with Gasteiger partial charge in [0.2, 0.25) is 0 Å². The highest BCUT2D eigenvalue weighted by atomic mass is 15.2. The summed E-state index contributed by atoms with van der Waals surface area (Å²) < 4.78 is 0. The van der Waals surface area contributed by atoms with Crippen molar-refractivity contribution in [3.63, 3.8) is 0 Å². The highest BCUT2D eigenvalue weighted by Crippen LogP contribution is 2.00. The molecule has 52 valence electrons. The zero-order valence-electron chi connectivity index (χ0n) is 5.93. The molecule has 1 N–H and O–H groups in total. The van der Waals surface area contributed by atoms with Crippen molar-refractivity contribution in [1.29, 1.82) is 0 Å². The van der Waals surface area contributed by atoms with Crippen LogP contribution >= 0.6 is 0 Å². The van der Waals surface area contributed by atoms with Gasteiger partial charge < -0.3 is 10.2 Å². The summed E-state index contributed by atoms with van der Waals surface area (Å²) in [5, 5.41) is 3.31. The molecule has 0 aliphatic carbocycles. The van der Waals surface area contributed by atoms with Crippen molar-refractivity contribution in [2.24, 2.45) is 0 Å². The maximum absolute atomic E-state index is 3.73. The third-order valence-corrected chi connectivity index (χ3v) is 1.79. The first-order valence-electron chi connectivity index (χ1n) is 3.43. The number of piperazine rings is 1. The summed E-state index contributed by atoms with van der Waals surface area (Å²) in [6.07, 6.45) is 1.92. The molecule has 0 bridgehead atoms. The fourth-order valence-corrected chi connectivity index (χ4v) is 1.13. The van der Waals surface area contributed by atoms with Crippen molar-refractivity contribution in [3.05, 3.63) is 12.8 Å². The average molecular weight is 126 g/mol. The van der Waals surface area contributed by atoms with Crippen LogP contribution in [0.2, 0.25) is 0 Å². The molecule has 0 aromatic carbocycles. The van der Waals surface area contributed by atoms with Crippen molar-refractivity contribution in [3.8, 4) is 0 Å². The number of hydrogen-bond donors (Lipinski definition) is 1. The molecule has 1 atom stereocenters. The van der Waals surface area contributed by atoms with Gasteiger partial charge in [0, 0.05) is 25.7 Å². The van der Waals surface area contributed by atoms with E-state index in [1.807, 2.05) is 6.20 Å². The first-order valence-corrected chi connectivity index (χ1v) is 3.43. The molecule has 0 spiro atoms. The van der Waals surface area contributed by atoms with Crippen LogP contribution in [-0.2, 0) is 0 Å². The summed E-state index contributed by atoms with van der Waals surface area (Å²) in [5.41, 5.74) is 0. The Bertz CT molecular complexity index is 101. The van der Waals surface area contributed by atoms with E-state index in [1.165, 1.54) is 0 Å². The van der Waals surface area contributed by atoms with Crippen molar-refractivity contribution >= 4 is 0 Å². The summed E-state index contributed by atoms with van der Waals surface area (Å²) in [5.74, 6) is 0. The van der Waals surface area contributed by atoms with Crippen LogP contribution in [0.5, 0.6) is 0 Å². The minimum atomic E-state index is 0.622. The lowest BCUT2D eigenvalue weighted by Crippen LogP contribution is -2.46. The fraction of sp³-hybridized carbons (Fsp3) is 0.714. The Hall–Kier alpha value is -0.500. The van der Waals surface area contributed by atoms with Gasteiger partial charge in [0.1, 0.15) is 0 Å². The Labute approximate surface area is 56.5 Å². The maximum atomic E-state index is 3.73. The van der Waals surface area contributed by atoms with Gasteiger partial charge in [-0.15, -0.1) is 0 Å². The lowest BCUT2D eigenvalue weighted by molar-refractivity contribution is 0.245. The molecular formula is C7H14N2. The molecule has 1 saturated heterocycles. The SMILES string of the molecule is C=CN1CCNC[C@H]1C. The van der Waals surface area contributed by atoms with Crippen LogP contribution in [0.1, 0.15) is 6.92 Å². The number of hydrogen-bond acceptors (Lipinski definition) is 2. The van der Waals surface area contributed by atoms with E-state index in [4.69, 9.17) is 0 Å². The molecule has 1 aliphatic heterocycles. The summed E-state index contributed by atoms with van der Waals surface area (Å²) in [7, 11) is 0. The third kappa shape index (κ3) is 1.45. The molecule has 0 radical (unpaired) electrons. The van der Waals surface area contributed by atoms with E-state index in [0.717, 1.165) is 19.6 Å². The predicted octanol–water partition coefficient (Wildman–Crippen LogP) is 0.424. The Balaban J connectivity index is 2.38. The minimum Gasteiger partial charge on any atom is -0.373 e. The number of nitrogens with zero attached hydrogens (tertiary/aromatic N) is 1. The Kier molecular flexibility index (Phi) is 2.11. The molecular weight excluding hydrogens is 112 g/mol. The van der Waals surface area contributed by atoms with Crippen molar-refractivity contribution in [2.75, 3.05) is 19.6 Å². The standard InChI is InChI=1S/C7H14N2/c1-3-9-5-4-8-6-7(9)2/h3,7-8H,1,4-6H2,2H3/t7-/m1/s1. The Morgan fingerprint density at radius 2 is 2.56 bits per heavy atom. The van der Waals surface area contributed by atoms with Gasteiger partial charge in [-0.05, 0) is 13.1 Å². The first-order chi connectivity index (χ1) is 4.34. The highest BCUT2D eigenvalue weighted by molar-refractivity contribution is 4.82. The van der Waals surface area contributed by atoms with Gasteiger partial charge in [0.15, 0.2) is 0 Å². The molecule has 1 fully saturated rings. The molecule has 0 saturated carbocycles. The monoisotopic (exact) mass is 126 g/mol. The highest BCUT2D eigenvalue weighted by Gasteiger charge is 2.12.